The minimum atomic E-state index is -1.16. The summed E-state index contributed by atoms with van der Waals surface area (Å²) in [5, 5.41) is 10.9. The first-order valence-electron chi connectivity index (χ1n) is 8.31. The van der Waals surface area contributed by atoms with Crippen LogP contribution in [0.5, 0.6) is 0 Å². The monoisotopic (exact) mass is 356 g/mol. The standard InChI is InChI=1S/C21H12N2O4/c24-19-10-4-1-2-6-14(10)22-16-9-13-17(8-12(16)19)23-15-7-3-5-11(21(26)27)18(15)20(13)25/h1-9H,(H,22,24)(H,23,25)(H,26,27). The molecule has 0 bridgehead atoms. The van der Waals surface area contributed by atoms with Crippen molar-refractivity contribution in [1.82, 2.24) is 9.97 Å². The number of benzene rings is 3. The van der Waals surface area contributed by atoms with E-state index >= 15 is 0 Å². The Hall–Kier alpha value is -3.93. The van der Waals surface area contributed by atoms with Crippen molar-refractivity contribution in [1.29, 1.82) is 0 Å². The van der Waals surface area contributed by atoms with Gasteiger partial charge >= 0.3 is 5.97 Å². The lowest BCUT2D eigenvalue weighted by atomic mass is 10.0. The zero-order valence-corrected chi connectivity index (χ0v) is 13.9. The number of hydrogen-bond donors (Lipinski definition) is 3. The van der Waals surface area contributed by atoms with Crippen LogP contribution in [0.15, 0.2) is 64.2 Å². The van der Waals surface area contributed by atoms with Gasteiger partial charge in [-0.2, -0.15) is 0 Å². The average Bonchev–Trinajstić information content (AvgIpc) is 2.67. The summed E-state index contributed by atoms with van der Waals surface area (Å²) < 4.78 is 0. The van der Waals surface area contributed by atoms with Crippen LogP contribution in [0.1, 0.15) is 10.4 Å². The molecule has 6 heteroatoms. The predicted molar refractivity (Wildman–Crippen MR) is 105 cm³/mol. The molecule has 0 aliphatic heterocycles. The molecule has 0 fully saturated rings. The number of H-pyrrole nitrogens is 2. The Kier molecular flexibility index (Phi) is 3.00. The summed E-state index contributed by atoms with van der Waals surface area (Å²) in [5.74, 6) is -1.16. The van der Waals surface area contributed by atoms with E-state index in [1.54, 1.807) is 42.5 Å². The van der Waals surface area contributed by atoms with Crippen LogP contribution in [0.3, 0.4) is 0 Å². The lowest BCUT2D eigenvalue weighted by Crippen LogP contribution is -2.11. The Morgan fingerprint density at radius 1 is 0.704 bits per heavy atom. The van der Waals surface area contributed by atoms with Crippen molar-refractivity contribution < 1.29 is 9.90 Å². The number of para-hydroxylation sites is 1. The molecule has 5 aromatic rings. The van der Waals surface area contributed by atoms with Gasteiger partial charge < -0.3 is 15.1 Å². The van der Waals surface area contributed by atoms with Gasteiger partial charge in [-0.1, -0.05) is 18.2 Å². The summed E-state index contributed by atoms with van der Waals surface area (Å²) in [4.78, 5) is 43.7. The molecule has 3 N–H and O–H groups in total. The molecular weight excluding hydrogens is 344 g/mol. The van der Waals surface area contributed by atoms with Crippen LogP contribution in [0.25, 0.3) is 43.6 Å². The summed E-state index contributed by atoms with van der Waals surface area (Å²) in [6.45, 7) is 0. The van der Waals surface area contributed by atoms with Crippen LogP contribution in [-0.4, -0.2) is 21.0 Å². The second-order valence-electron chi connectivity index (χ2n) is 6.43. The molecular formula is C21H12N2O4. The van der Waals surface area contributed by atoms with Crippen molar-refractivity contribution in [3.8, 4) is 0 Å². The maximum atomic E-state index is 13.0. The number of fused-ring (bicyclic) bond motifs is 4. The van der Waals surface area contributed by atoms with E-state index in [2.05, 4.69) is 9.97 Å². The molecule has 3 aromatic carbocycles. The van der Waals surface area contributed by atoms with Crippen molar-refractivity contribution in [2.24, 2.45) is 0 Å². The molecule has 130 valence electrons. The maximum Gasteiger partial charge on any atom is 0.336 e. The highest BCUT2D eigenvalue weighted by Gasteiger charge is 2.15. The molecule has 5 rings (SSSR count). The Morgan fingerprint density at radius 3 is 2.07 bits per heavy atom. The van der Waals surface area contributed by atoms with Gasteiger partial charge in [-0.05, 0) is 36.4 Å². The van der Waals surface area contributed by atoms with Gasteiger partial charge in [0.25, 0.3) is 0 Å². The molecule has 0 unspecified atom stereocenters. The van der Waals surface area contributed by atoms with Gasteiger partial charge in [0.15, 0.2) is 10.9 Å². The summed E-state index contributed by atoms with van der Waals surface area (Å²) in [5.41, 5.74) is 1.56. The third-order valence-electron chi connectivity index (χ3n) is 4.88. The quantitative estimate of drug-likeness (QED) is 0.401. The lowest BCUT2D eigenvalue weighted by Gasteiger charge is -2.08. The summed E-state index contributed by atoms with van der Waals surface area (Å²) >= 11 is 0. The van der Waals surface area contributed by atoms with Crippen LogP contribution in [0.4, 0.5) is 0 Å². The fourth-order valence-electron chi connectivity index (χ4n) is 3.62. The van der Waals surface area contributed by atoms with Gasteiger partial charge in [0.05, 0.1) is 27.5 Å². The average molecular weight is 356 g/mol. The third kappa shape index (κ3) is 2.10. The van der Waals surface area contributed by atoms with Crippen molar-refractivity contribution in [3.05, 3.63) is 80.6 Å². The Balaban J connectivity index is 2.01. The van der Waals surface area contributed by atoms with Crippen molar-refractivity contribution in [3.63, 3.8) is 0 Å². The van der Waals surface area contributed by atoms with Gasteiger partial charge in [-0.15, -0.1) is 0 Å². The summed E-state index contributed by atoms with van der Waals surface area (Å²) in [7, 11) is 0. The van der Waals surface area contributed by atoms with E-state index in [4.69, 9.17) is 0 Å². The molecule has 6 nitrogen and oxygen atoms in total. The molecule has 2 aromatic heterocycles. The van der Waals surface area contributed by atoms with E-state index in [9.17, 15) is 19.5 Å². The smallest absolute Gasteiger partial charge is 0.336 e. The molecule has 2 heterocycles. The molecule has 0 amide bonds. The van der Waals surface area contributed by atoms with Crippen LogP contribution in [0.2, 0.25) is 0 Å². The van der Waals surface area contributed by atoms with Crippen LogP contribution < -0.4 is 10.9 Å². The number of carboxylic acids is 1. The zero-order chi connectivity index (χ0) is 18.7. The van der Waals surface area contributed by atoms with Crippen molar-refractivity contribution >= 4 is 49.6 Å². The van der Waals surface area contributed by atoms with Crippen LogP contribution in [-0.2, 0) is 0 Å². The number of aromatic nitrogens is 2. The molecule has 27 heavy (non-hydrogen) atoms. The zero-order valence-electron chi connectivity index (χ0n) is 13.9. The van der Waals surface area contributed by atoms with Crippen molar-refractivity contribution in [2.45, 2.75) is 0 Å². The molecule has 0 saturated carbocycles. The van der Waals surface area contributed by atoms with Crippen LogP contribution in [0, 0.1) is 0 Å². The van der Waals surface area contributed by atoms with Crippen LogP contribution >= 0.6 is 0 Å². The molecule has 0 aliphatic carbocycles. The normalized spacial score (nSPS) is 11.6. The molecule has 0 aliphatic rings. The molecule has 0 radical (unpaired) electrons. The first-order valence-corrected chi connectivity index (χ1v) is 8.31. The van der Waals surface area contributed by atoms with E-state index in [0.717, 1.165) is 0 Å². The molecule has 0 atom stereocenters. The molecule has 0 spiro atoms. The van der Waals surface area contributed by atoms with Gasteiger partial charge in [-0.3, -0.25) is 9.59 Å². The fourth-order valence-corrected chi connectivity index (χ4v) is 3.62. The maximum absolute atomic E-state index is 13.0. The van der Waals surface area contributed by atoms with Gasteiger partial charge in [0, 0.05) is 21.7 Å². The van der Waals surface area contributed by atoms with Gasteiger partial charge in [0.1, 0.15) is 0 Å². The SMILES string of the molecule is O=C(O)c1cccc2[nH]c3cc4c(=O)c5ccccc5[nH]c4cc3c(=O)c12. The van der Waals surface area contributed by atoms with E-state index < -0.39 is 5.97 Å². The number of aromatic carboxylic acids is 1. The first-order chi connectivity index (χ1) is 13.0. The third-order valence-corrected chi connectivity index (χ3v) is 4.88. The Labute approximate surface area is 150 Å². The van der Waals surface area contributed by atoms with Gasteiger partial charge in [0.2, 0.25) is 0 Å². The highest BCUT2D eigenvalue weighted by atomic mass is 16.4. The Morgan fingerprint density at radius 2 is 1.33 bits per heavy atom. The number of pyridine rings is 2. The lowest BCUT2D eigenvalue weighted by molar-refractivity contribution is 0.0699. The number of rotatable bonds is 1. The van der Waals surface area contributed by atoms with E-state index in [1.807, 2.05) is 6.07 Å². The summed E-state index contributed by atoms with van der Waals surface area (Å²) in [6.07, 6.45) is 0. The number of hydrogen-bond acceptors (Lipinski definition) is 3. The first kappa shape index (κ1) is 15.3. The molecule has 0 saturated heterocycles. The minimum absolute atomic E-state index is 0.0530. The minimum Gasteiger partial charge on any atom is -0.478 e. The Bertz CT molecular complexity index is 1540. The second kappa shape index (κ2) is 5.28. The number of aromatic amines is 2. The van der Waals surface area contributed by atoms with Gasteiger partial charge in [-0.25, -0.2) is 4.79 Å². The summed E-state index contributed by atoms with van der Waals surface area (Å²) in [6, 6.07) is 15.1. The topological polar surface area (TPSA) is 103 Å². The number of nitrogens with one attached hydrogen (secondary N) is 2. The van der Waals surface area contributed by atoms with E-state index in [-0.39, 0.29) is 21.8 Å². The van der Waals surface area contributed by atoms with Crippen molar-refractivity contribution in [2.75, 3.05) is 0 Å². The number of carbonyl (C=O) groups is 1. The fraction of sp³-hybridized carbons (Fsp3) is 0. The highest BCUT2D eigenvalue weighted by molar-refractivity contribution is 6.08. The van der Waals surface area contributed by atoms with E-state index in [0.29, 0.717) is 38.2 Å². The predicted octanol–water partition coefficient (Wildman–Crippen LogP) is 3.37. The highest BCUT2D eigenvalue weighted by Crippen LogP contribution is 2.22. The largest absolute Gasteiger partial charge is 0.478 e. The van der Waals surface area contributed by atoms with E-state index in [1.165, 1.54) is 6.07 Å². The second-order valence-corrected chi connectivity index (χ2v) is 6.43. The number of carboxylic acid groups (broad SMARTS) is 1.